The van der Waals surface area contributed by atoms with Crippen LogP contribution in [0.1, 0.15) is 25.0 Å². The first-order valence-corrected chi connectivity index (χ1v) is 7.21. The van der Waals surface area contributed by atoms with Crippen LogP contribution in [0.3, 0.4) is 0 Å². The van der Waals surface area contributed by atoms with Crippen LogP contribution in [-0.2, 0) is 6.54 Å². The minimum atomic E-state index is 0.857. The van der Waals surface area contributed by atoms with E-state index in [-0.39, 0.29) is 0 Å². The van der Waals surface area contributed by atoms with Crippen molar-refractivity contribution in [3.05, 3.63) is 36.3 Å². The molecule has 0 saturated carbocycles. The topological polar surface area (TPSA) is 29.3 Å². The highest BCUT2D eigenvalue weighted by Crippen LogP contribution is 2.04. The summed E-state index contributed by atoms with van der Waals surface area (Å²) in [6.45, 7) is 1.93. The smallest absolute Gasteiger partial charge is 0.137 e. The van der Waals surface area contributed by atoms with Gasteiger partial charge in [-0.05, 0) is 31.5 Å². The number of hydrogen-bond acceptors (Lipinski definition) is 2. The average molecular weight is 296 g/mol. The third-order valence-electron chi connectivity index (χ3n) is 2.71. The molecule has 2 aromatic rings. The molecule has 0 aliphatic rings. The van der Waals surface area contributed by atoms with E-state index in [1.165, 1.54) is 19.3 Å². The number of aromatic nitrogens is 2. The summed E-state index contributed by atoms with van der Waals surface area (Å²) in [5.41, 5.74) is 2.13. The molecule has 0 spiro atoms. The Balaban J connectivity index is 1.75. The number of nitrogens with one attached hydrogen (secondary N) is 1. The van der Waals surface area contributed by atoms with E-state index in [0.717, 1.165) is 29.8 Å². The Labute approximate surface area is 110 Å². The van der Waals surface area contributed by atoms with Crippen LogP contribution in [-0.4, -0.2) is 21.3 Å². The van der Waals surface area contributed by atoms with Crippen molar-refractivity contribution in [3.63, 3.8) is 0 Å². The van der Waals surface area contributed by atoms with Crippen molar-refractivity contribution >= 4 is 21.6 Å². The SMILES string of the molecule is BrCCCCCNCc1cn2ccccc2n1. The van der Waals surface area contributed by atoms with Crippen molar-refractivity contribution in [2.24, 2.45) is 0 Å². The van der Waals surface area contributed by atoms with Crippen molar-refractivity contribution in [1.29, 1.82) is 0 Å². The molecule has 4 heteroatoms. The van der Waals surface area contributed by atoms with E-state index in [1.54, 1.807) is 0 Å². The molecule has 0 atom stereocenters. The van der Waals surface area contributed by atoms with Crippen LogP contribution in [0.4, 0.5) is 0 Å². The monoisotopic (exact) mass is 295 g/mol. The maximum absolute atomic E-state index is 4.54. The molecule has 1 N–H and O–H groups in total. The molecule has 2 rings (SSSR count). The lowest BCUT2D eigenvalue weighted by Gasteiger charge is -2.01. The molecule has 0 radical (unpaired) electrons. The van der Waals surface area contributed by atoms with Gasteiger partial charge in [-0.2, -0.15) is 0 Å². The van der Waals surface area contributed by atoms with Crippen LogP contribution in [0, 0.1) is 0 Å². The maximum Gasteiger partial charge on any atom is 0.137 e. The van der Waals surface area contributed by atoms with Gasteiger partial charge in [0.1, 0.15) is 5.65 Å². The number of fused-ring (bicyclic) bond motifs is 1. The number of rotatable bonds is 7. The van der Waals surface area contributed by atoms with Crippen LogP contribution < -0.4 is 5.32 Å². The Kier molecular flexibility index (Phi) is 5.01. The zero-order valence-corrected chi connectivity index (χ0v) is 11.5. The van der Waals surface area contributed by atoms with Crippen molar-refractivity contribution in [2.45, 2.75) is 25.8 Å². The molecule has 17 heavy (non-hydrogen) atoms. The second-order valence-corrected chi connectivity index (χ2v) is 4.92. The Morgan fingerprint density at radius 1 is 1.24 bits per heavy atom. The van der Waals surface area contributed by atoms with E-state index in [0.29, 0.717) is 0 Å². The summed E-state index contributed by atoms with van der Waals surface area (Å²) in [6, 6.07) is 6.06. The molecular weight excluding hydrogens is 278 g/mol. The van der Waals surface area contributed by atoms with Gasteiger partial charge in [-0.3, -0.25) is 0 Å². The molecule has 0 aromatic carbocycles. The number of nitrogens with zero attached hydrogens (tertiary/aromatic N) is 2. The molecule has 0 bridgehead atoms. The van der Waals surface area contributed by atoms with Crippen molar-refractivity contribution < 1.29 is 0 Å². The standard InChI is InChI=1S/C13H18BrN3/c14-7-3-1-4-8-15-10-12-11-17-9-5-2-6-13(17)16-12/h2,5-6,9,11,15H,1,3-4,7-8,10H2. The minimum Gasteiger partial charge on any atom is -0.311 e. The molecule has 3 nitrogen and oxygen atoms in total. The van der Waals surface area contributed by atoms with Gasteiger partial charge in [0.15, 0.2) is 0 Å². The summed E-state index contributed by atoms with van der Waals surface area (Å²) in [7, 11) is 0. The van der Waals surface area contributed by atoms with E-state index in [2.05, 4.69) is 36.8 Å². The lowest BCUT2D eigenvalue weighted by atomic mass is 10.2. The van der Waals surface area contributed by atoms with Gasteiger partial charge in [-0.25, -0.2) is 4.98 Å². The van der Waals surface area contributed by atoms with E-state index >= 15 is 0 Å². The van der Waals surface area contributed by atoms with Gasteiger partial charge in [0.2, 0.25) is 0 Å². The van der Waals surface area contributed by atoms with Gasteiger partial charge in [0.05, 0.1) is 5.69 Å². The van der Waals surface area contributed by atoms with E-state index in [4.69, 9.17) is 0 Å². The predicted octanol–water partition coefficient (Wildman–Crippen LogP) is 2.99. The van der Waals surface area contributed by atoms with Gasteiger partial charge in [0.25, 0.3) is 0 Å². The quantitative estimate of drug-likeness (QED) is 0.628. The summed E-state index contributed by atoms with van der Waals surface area (Å²) in [5, 5.41) is 4.54. The van der Waals surface area contributed by atoms with Crippen LogP contribution in [0.2, 0.25) is 0 Å². The number of pyridine rings is 1. The number of alkyl halides is 1. The molecule has 92 valence electrons. The highest BCUT2D eigenvalue weighted by molar-refractivity contribution is 9.09. The van der Waals surface area contributed by atoms with E-state index in [9.17, 15) is 0 Å². The minimum absolute atomic E-state index is 0.857. The Hall–Kier alpha value is -0.870. The molecule has 0 amide bonds. The molecule has 2 heterocycles. The van der Waals surface area contributed by atoms with Gasteiger partial charge in [-0.15, -0.1) is 0 Å². The lowest BCUT2D eigenvalue weighted by Crippen LogP contribution is -2.14. The number of imidazole rings is 1. The highest BCUT2D eigenvalue weighted by atomic mass is 79.9. The zero-order chi connectivity index (χ0) is 11.9. The molecule has 0 aliphatic carbocycles. The van der Waals surface area contributed by atoms with Gasteiger partial charge < -0.3 is 9.72 Å². The summed E-state index contributed by atoms with van der Waals surface area (Å²) in [5.74, 6) is 0. The third kappa shape index (κ3) is 3.82. The van der Waals surface area contributed by atoms with Crippen LogP contribution >= 0.6 is 15.9 Å². The van der Waals surface area contributed by atoms with Gasteiger partial charge in [0, 0.05) is 24.3 Å². The van der Waals surface area contributed by atoms with Gasteiger partial charge in [-0.1, -0.05) is 28.4 Å². The molecule has 0 saturated heterocycles. The average Bonchev–Trinajstić information content (AvgIpc) is 2.76. The number of hydrogen-bond donors (Lipinski definition) is 1. The molecular formula is C13H18BrN3. The second kappa shape index (κ2) is 6.77. The van der Waals surface area contributed by atoms with Crippen molar-refractivity contribution in [1.82, 2.24) is 14.7 Å². The summed E-state index contributed by atoms with van der Waals surface area (Å²) < 4.78 is 2.06. The van der Waals surface area contributed by atoms with E-state index in [1.807, 2.05) is 24.4 Å². The first-order chi connectivity index (χ1) is 8.40. The lowest BCUT2D eigenvalue weighted by molar-refractivity contribution is 0.614. The van der Waals surface area contributed by atoms with Crippen LogP contribution in [0.5, 0.6) is 0 Å². The molecule has 2 aromatic heterocycles. The van der Waals surface area contributed by atoms with Gasteiger partial charge >= 0.3 is 0 Å². The summed E-state index contributed by atoms with van der Waals surface area (Å²) in [6.07, 6.45) is 7.89. The van der Waals surface area contributed by atoms with Crippen LogP contribution in [0.25, 0.3) is 5.65 Å². The Morgan fingerprint density at radius 3 is 3.00 bits per heavy atom. The Bertz CT molecular complexity index is 420. The largest absolute Gasteiger partial charge is 0.311 e. The molecule has 0 unspecified atom stereocenters. The first-order valence-electron chi connectivity index (χ1n) is 6.09. The summed E-state index contributed by atoms with van der Waals surface area (Å²) in [4.78, 5) is 4.54. The van der Waals surface area contributed by atoms with E-state index < -0.39 is 0 Å². The normalized spacial score (nSPS) is 11.1. The van der Waals surface area contributed by atoms with Crippen molar-refractivity contribution in [2.75, 3.05) is 11.9 Å². The summed E-state index contributed by atoms with van der Waals surface area (Å²) >= 11 is 3.44. The zero-order valence-electron chi connectivity index (χ0n) is 9.90. The molecule has 0 aliphatic heterocycles. The van der Waals surface area contributed by atoms with Crippen molar-refractivity contribution in [3.8, 4) is 0 Å². The maximum atomic E-state index is 4.54. The fourth-order valence-corrected chi connectivity index (χ4v) is 2.21. The second-order valence-electron chi connectivity index (χ2n) is 4.12. The first kappa shape index (κ1) is 12.6. The number of halogens is 1. The third-order valence-corrected chi connectivity index (χ3v) is 3.27. The Morgan fingerprint density at radius 2 is 2.18 bits per heavy atom. The fraction of sp³-hybridized carbons (Fsp3) is 0.462. The fourth-order valence-electron chi connectivity index (χ4n) is 1.81. The predicted molar refractivity (Wildman–Crippen MR) is 74.5 cm³/mol. The number of unbranched alkanes of at least 4 members (excludes halogenated alkanes) is 2. The van der Waals surface area contributed by atoms with Crippen LogP contribution in [0.15, 0.2) is 30.6 Å². The highest BCUT2D eigenvalue weighted by Gasteiger charge is 1.99. The molecule has 0 fully saturated rings.